The third-order valence-electron chi connectivity index (χ3n) is 4.82. The Labute approximate surface area is 160 Å². The van der Waals surface area contributed by atoms with Crippen molar-refractivity contribution >= 4 is 33.6 Å². The highest BCUT2D eigenvalue weighted by molar-refractivity contribution is 5.90. The van der Waals surface area contributed by atoms with Gasteiger partial charge in [-0.15, -0.1) is 0 Å². The Balaban J connectivity index is 1.55. The lowest BCUT2D eigenvalue weighted by molar-refractivity contribution is 0.591. The summed E-state index contributed by atoms with van der Waals surface area (Å²) in [6.07, 6.45) is 5.16. The van der Waals surface area contributed by atoms with Crippen molar-refractivity contribution in [1.29, 1.82) is 0 Å². The second-order valence-corrected chi connectivity index (χ2v) is 7.80. The molecule has 0 aliphatic carbocycles. The summed E-state index contributed by atoms with van der Waals surface area (Å²) in [4.78, 5) is 19.8. The van der Waals surface area contributed by atoms with Crippen LogP contribution in [0.4, 0.5) is 11.5 Å². The van der Waals surface area contributed by atoms with Gasteiger partial charge >= 0.3 is 0 Å². The number of nitrogens with zero attached hydrogens (tertiary/aromatic N) is 4. The maximum Gasteiger partial charge on any atom is 0.161 e. The zero-order valence-electron chi connectivity index (χ0n) is 15.8. The Morgan fingerprint density at radius 3 is 2.82 bits per heavy atom. The van der Waals surface area contributed by atoms with Gasteiger partial charge in [-0.1, -0.05) is 26.8 Å². The van der Waals surface area contributed by atoms with Crippen molar-refractivity contribution in [3.8, 4) is 11.5 Å². The predicted molar refractivity (Wildman–Crippen MR) is 110 cm³/mol. The Kier molecular flexibility index (Phi) is 3.48. The quantitative estimate of drug-likeness (QED) is 0.378. The van der Waals surface area contributed by atoms with E-state index in [1.807, 2.05) is 12.3 Å². The fraction of sp³-hybridized carbons (Fsp3) is 0.200. The van der Waals surface area contributed by atoms with E-state index >= 15 is 0 Å². The maximum absolute atomic E-state index is 4.77. The highest BCUT2D eigenvalue weighted by Crippen LogP contribution is 2.31. The minimum atomic E-state index is 0.0707. The molecule has 0 fully saturated rings. The van der Waals surface area contributed by atoms with Crippen molar-refractivity contribution in [1.82, 2.24) is 35.1 Å². The van der Waals surface area contributed by atoms with Gasteiger partial charge in [-0.3, -0.25) is 5.10 Å². The van der Waals surface area contributed by atoms with E-state index in [0.29, 0.717) is 17.3 Å². The number of imidazole rings is 1. The summed E-state index contributed by atoms with van der Waals surface area (Å²) in [6, 6.07) is 8.27. The highest BCUT2D eigenvalue weighted by Gasteiger charge is 2.18. The molecule has 0 aliphatic rings. The molecule has 0 atom stereocenters. The SMILES string of the molecule is CC(C)(C)c1ccc2[nH]c(-c3n[nH]cc3Nc3ncnc4[nH]ccc34)nc2c1. The molecule has 0 spiro atoms. The fourth-order valence-electron chi connectivity index (χ4n) is 3.25. The van der Waals surface area contributed by atoms with E-state index in [1.165, 1.54) is 11.9 Å². The van der Waals surface area contributed by atoms with Gasteiger partial charge in [-0.05, 0) is 29.2 Å². The lowest BCUT2D eigenvalue weighted by Crippen LogP contribution is -2.10. The summed E-state index contributed by atoms with van der Waals surface area (Å²) < 4.78 is 0. The number of rotatable bonds is 3. The minimum absolute atomic E-state index is 0.0707. The Bertz CT molecular complexity index is 1280. The highest BCUT2D eigenvalue weighted by atomic mass is 15.2. The first-order chi connectivity index (χ1) is 13.5. The fourth-order valence-corrected chi connectivity index (χ4v) is 3.25. The number of H-pyrrole nitrogens is 3. The number of aromatic amines is 3. The van der Waals surface area contributed by atoms with Gasteiger partial charge in [0.05, 0.1) is 22.1 Å². The smallest absolute Gasteiger partial charge is 0.161 e. The van der Waals surface area contributed by atoms with E-state index in [2.05, 4.69) is 74.4 Å². The molecule has 0 radical (unpaired) electrons. The van der Waals surface area contributed by atoms with Crippen molar-refractivity contribution in [3.63, 3.8) is 0 Å². The average molecular weight is 372 g/mol. The van der Waals surface area contributed by atoms with Gasteiger partial charge in [0.1, 0.15) is 17.8 Å². The number of anilines is 2. The first-order valence-corrected chi connectivity index (χ1v) is 9.08. The van der Waals surface area contributed by atoms with Crippen LogP contribution >= 0.6 is 0 Å². The molecule has 0 bridgehead atoms. The molecular weight excluding hydrogens is 352 g/mol. The summed E-state index contributed by atoms with van der Waals surface area (Å²) in [7, 11) is 0. The van der Waals surface area contributed by atoms with Gasteiger partial charge in [-0.25, -0.2) is 15.0 Å². The van der Waals surface area contributed by atoms with E-state index in [4.69, 9.17) is 4.98 Å². The van der Waals surface area contributed by atoms with Gasteiger partial charge in [-0.2, -0.15) is 5.10 Å². The summed E-state index contributed by atoms with van der Waals surface area (Å²) in [5, 5.41) is 11.5. The number of fused-ring (bicyclic) bond motifs is 2. The van der Waals surface area contributed by atoms with Crippen LogP contribution in [0.25, 0.3) is 33.6 Å². The Morgan fingerprint density at radius 2 is 1.96 bits per heavy atom. The third-order valence-corrected chi connectivity index (χ3v) is 4.82. The van der Waals surface area contributed by atoms with E-state index in [-0.39, 0.29) is 5.41 Å². The monoisotopic (exact) mass is 372 g/mol. The molecule has 5 rings (SSSR count). The largest absolute Gasteiger partial charge is 0.346 e. The topological polar surface area (TPSA) is 111 Å². The van der Waals surface area contributed by atoms with E-state index in [1.54, 1.807) is 6.20 Å². The van der Waals surface area contributed by atoms with Gasteiger partial charge in [0.15, 0.2) is 11.5 Å². The molecule has 140 valence electrons. The number of aromatic nitrogens is 7. The van der Waals surface area contributed by atoms with Crippen LogP contribution in [-0.4, -0.2) is 35.1 Å². The van der Waals surface area contributed by atoms with E-state index < -0.39 is 0 Å². The lowest BCUT2D eigenvalue weighted by Gasteiger charge is -2.18. The number of nitrogens with one attached hydrogen (secondary N) is 4. The maximum atomic E-state index is 4.77. The van der Waals surface area contributed by atoms with Crippen molar-refractivity contribution in [2.45, 2.75) is 26.2 Å². The molecule has 0 saturated carbocycles. The Morgan fingerprint density at radius 1 is 1.07 bits per heavy atom. The molecule has 8 nitrogen and oxygen atoms in total. The normalized spacial score (nSPS) is 12.1. The molecule has 0 unspecified atom stereocenters. The van der Waals surface area contributed by atoms with E-state index in [0.717, 1.165) is 27.8 Å². The minimum Gasteiger partial charge on any atom is -0.346 e. The summed E-state index contributed by atoms with van der Waals surface area (Å²) in [5.41, 5.74) is 5.49. The molecule has 0 amide bonds. The van der Waals surface area contributed by atoms with Crippen LogP contribution in [0.3, 0.4) is 0 Å². The van der Waals surface area contributed by atoms with Gasteiger partial charge in [0.25, 0.3) is 0 Å². The molecule has 4 heterocycles. The number of benzene rings is 1. The van der Waals surface area contributed by atoms with Crippen LogP contribution in [-0.2, 0) is 5.41 Å². The summed E-state index contributed by atoms with van der Waals surface area (Å²) in [5.74, 6) is 1.41. The first-order valence-electron chi connectivity index (χ1n) is 9.08. The first kappa shape index (κ1) is 16.5. The van der Waals surface area contributed by atoms with Gasteiger partial charge in [0, 0.05) is 12.4 Å². The third kappa shape index (κ3) is 2.70. The van der Waals surface area contributed by atoms with Crippen LogP contribution in [0.5, 0.6) is 0 Å². The van der Waals surface area contributed by atoms with E-state index in [9.17, 15) is 0 Å². The molecule has 28 heavy (non-hydrogen) atoms. The van der Waals surface area contributed by atoms with Crippen molar-refractivity contribution in [2.24, 2.45) is 0 Å². The molecular formula is C20H20N8. The molecule has 0 saturated heterocycles. The predicted octanol–water partition coefficient (Wildman–Crippen LogP) is 4.27. The van der Waals surface area contributed by atoms with Crippen LogP contribution in [0.15, 0.2) is 43.0 Å². The van der Waals surface area contributed by atoms with Crippen molar-refractivity contribution in [3.05, 3.63) is 48.5 Å². The number of hydrogen-bond acceptors (Lipinski definition) is 5. The molecule has 8 heteroatoms. The zero-order valence-corrected chi connectivity index (χ0v) is 15.8. The van der Waals surface area contributed by atoms with Crippen molar-refractivity contribution < 1.29 is 0 Å². The van der Waals surface area contributed by atoms with Crippen LogP contribution < -0.4 is 5.32 Å². The molecule has 5 aromatic rings. The molecule has 0 aliphatic heterocycles. The Hall–Kier alpha value is -3.68. The lowest BCUT2D eigenvalue weighted by atomic mass is 9.87. The number of hydrogen-bond donors (Lipinski definition) is 4. The molecule has 4 N–H and O–H groups in total. The summed E-state index contributed by atoms with van der Waals surface area (Å²) >= 11 is 0. The zero-order chi connectivity index (χ0) is 19.3. The van der Waals surface area contributed by atoms with Crippen LogP contribution in [0.2, 0.25) is 0 Å². The molecule has 1 aromatic carbocycles. The second kappa shape index (κ2) is 5.91. The van der Waals surface area contributed by atoms with Crippen LogP contribution in [0.1, 0.15) is 26.3 Å². The van der Waals surface area contributed by atoms with Gasteiger partial charge < -0.3 is 15.3 Å². The molecule has 4 aromatic heterocycles. The summed E-state index contributed by atoms with van der Waals surface area (Å²) in [6.45, 7) is 6.59. The standard InChI is InChI=1S/C20H20N8/c1-20(2,3)11-4-5-13-14(8-11)26-19(25-13)16-15(9-24-28-16)27-18-12-6-7-21-17(12)22-10-23-18/h4-10H,1-3H3,(H,24,28)(H,25,26)(H2,21,22,23,27). The van der Waals surface area contributed by atoms with Crippen molar-refractivity contribution in [2.75, 3.05) is 5.32 Å². The van der Waals surface area contributed by atoms with Crippen LogP contribution in [0, 0.1) is 0 Å². The second-order valence-electron chi connectivity index (χ2n) is 7.80. The van der Waals surface area contributed by atoms with Gasteiger partial charge in [0.2, 0.25) is 0 Å². The average Bonchev–Trinajstić information content (AvgIpc) is 3.39.